The number of ether oxygens (including phenoxy) is 1. The highest BCUT2D eigenvalue weighted by molar-refractivity contribution is 5.51. The molecule has 1 unspecified atom stereocenters. The first-order valence-corrected chi connectivity index (χ1v) is 4.87. The summed E-state index contributed by atoms with van der Waals surface area (Å²) in [6, 6.07) is 5.43. The van der Waals surface area contributed by atoms with Crippen LogP contribution >= 0.6 is 0 Å². The molecule has 14 heavy (non-hydrogen) atoms. The normalized spacial score (nSPS) is 21.1. The van der Waals surface area contributed by atoms with Crippen LogP contribution in [-0.4, -0.2) is 19.3 Å². The van der Waals surface area contributed by atoms with Gasteiger partial charge < -0.3 is 10.1 Å². The van der Waals surface area contributed by atoms with E-state index in [1.807, 2.05) is 6.07 Å². The monoisotopic (exact) mass is 195 g/mol. The van der Waals surface area contributed by atoms with E-state index in [1.54, 1.807) is 13.0 Å². The molecule has 1 aromatic carbocycles. The zero-order chi connectivity index (χ0) is 9.97. The van der Waals surface area contributed by atoms with Gasteiger partial charge in [-0.3, -0.25) is 0 Å². The molecule has 76 valence electrons. The summed E-state index contributed by atoms with van der Waals surface area (Å²) in [5.41, 5.74) is 1.56. The fraction of sp³-hybridized carbons (Fsp3) is 0.455. The van der Waals surface area contributed by atoms with Gasteiger partial charge in [-0.05, 0) is 25.5 Å². The molecule has 0 aromatic heterocycles. The number of nitrogens with one attached hydrogen (secondary N) is 1. The minimum atomic E-state index is -0.158. The molecule has 1 fully saturated rings. The van der Waals surface area contributed by atoms with Gasteiger partial charge in [0.05, 0.1) is 12.6 Å². The fourth-order valence-corrected chi connectivity index (χ4v) is 1.63. The first-order chi connectivity index (χ1) is 6.77. The second-order valence-corrected chi connectivity index (χ2v) is 3.62. The van der Waals surface area contributed by atoms with Crippen molar-refractivity contribution in [1.29, 1.82) is 0 Å². The lowest BCUT2D eigenvalue weighted by molar-refractivity contribution is 0.195. The predicted molar refractivity (Wildman–Crippen MR) is 54.0 cm³/mol. The lowest BCUT2D eigenvalue weighted by atomic mass is 10.1. The van der Waals surface area contributed by atoms with Crippen molar-refractivity contribution in [2.45, 2.75) is 19.4 Å². The van der Waals surface area contributed by atoms with Crippen molar-refractivity contribution < 1.29 is 9.13 Å². The van der Waals surface area contributed by atoms with E-state index in [-0.39, 0.29) is 5.82 Å². The third-order valence-corrected chi connectivity index (χ3v) is 2.56. The summed E-state index contributed by atoms with van der Waals surface area (Å²) in [7, 11) is 0. The molecule has 0 aliphatic carbocycles. The molecule has 1 aliphatic rings. The maximum atomic E-state index is 13.2. The minimum Gasteiger partial charge on any atom is -0.380 e. The maximum absolute atomic E-state index is 13.2. The van der Waals surface area contributed by atoms with E-state index in [0.717, 1.165) is 25.3 Å². The molecule has 1 saturated heterocycles. The molecular weight excluding hydrogens is 181 g/mol. The minimum absolute atomic E-state index is 0.158. The maximum Gasteiger partial charge on any atom is 0.128 e. The Labute approximate surface area is 83.1 Å². The van der Waals surface area contributed by atoms with Crippen molar-refractivity contribution >= 4 is 5.69 Å². The number of halogens is 1. The van der Waals surface area contributed by atoms with Crippen molar-refractivity contribution in [3.05, 3.63) is 29.6 Å². The summed E-state index contributed by atoms with van der Waals surface area (Å²) in [6.45, 7) is 3.30. The third-order valence-electron chi connectivity index (χ3n) is 2.56. The summed E-state index contributed by atoms with van der Waals surface area (Å²) >= 11 is 0. The van der Waals surface area contributed by atoms with Crippen LogP contribution in [0, 0.1) is 12.7 Å². The quantitative estimate of drug-likeness (QED) is 0.782. The van der Waals surface area contributed by atoms with Gasteiger partial charge in [0.25, 0.3) is 0 Å². The van der Waals surface area contributed by atoms with E-state index in [9.17, 15) is 4.39 Å². The molecule has 0 amide bonds. The van der Waals surface area contributed by atoms with Crippen LogP contribution in [0.3, 0.4) is 0 Å². The molecule has 1 aliphatic heterocycles. The van der Waals surface area contributed by atoms with Crippen LogP contribution in [0.2, 0.25) is 0 Å². The largest absolute Gasteiger partial charge is 0.380 e. The van der Waals surface area contributed by atoms with Crippen LogP contribution in [0.5, 0.6) is 0 Å². The number of anilines is 1. The van der Waals surface area contributed by atoms with Gasteiger partial charge in [-0.2, -0.15) is 0 Å². The first-order valence-electron chi connectivity index (χ1n) is 4.87. The van der Waals surface area contributed by atoms with Crippen LogP contribution < -0.4 is 5.32 Å². The molecule has 0 radical (unpaired) electrons. The van der Waals surface area contributed by atoms with Crippen molar-refractivity contribution in [3.8, 4) is 0 Å². The number of hydrogen-bond acceptors (Lipinski definition) is 2. The molecular formula is C11H14FNO. The summed E-state index contributed by atoms with van der Waals surface area (Å²) in [5, 5.41) is 3.28. The number of benzene rings is 1. The smallest absolute Gasteiger partial charge is 0.128 e. The van der Waals surface area contributed by atoms with Gasteiger partial charge in [0, 0.05) is 17.9 Å². The van der Waals surface area contributed by atoms with E-state index < -0.39 is 0 Å². The Morgan fingerprint density at radius 3 is 3.07 bits per heavy atom. The second kappa shape index (κ2) is 3.96. The number of hydrogen-bond donors (Lipinski definition) is 1. The Kier molecular flexibility index (Phi) is 2.68. The van der Waals surface area contributed by atoms with Crippen LogP contribution in [0.15, 0.2) is 18.2 Å². The zero-order valence-electron chi connectivity index (χ0n) is 8.22. The van der Waals surface area contributed by atoms with E-state index >= 15 is 0 Å². The van der Waals surface area contributed by atoms with Gasteiger partial charge >= 0.3 is 0 Å². The average Bonchev–Trinajstić information content (AvgIpc) is 2.66. The average molecular weight is 195 g/mol. The first kappa shape index (κ1) is 9.46. The van der Waals surface area contributed by atoms with Gasteiger partial charge in [0.2, 0.25) is 0 Å². The summed E-state index contributed by atoms with van der Waals surface area (Å²) in [6.07, 6.45) is 0.996. The van der Waals surface area contributed by atoms with Crippen molar-refractivity contribution in [2.24, 2.45) is 0 Å². The van der Waals surface area contributed by atoms with Crippen molar-refractivity contribution in [3.63, 3.8) is 0 Å². The van der Waals surface area contributed by atoms with E-state index in [0.29, 0.717) is 11.6 Å². The standard InChI is InChI=1S/C11H14FNO/c1-8-10(12)3-2-4-11(8)13-9-5-6-14-7-9/h2-4,9,13H,5-7H2,1H3. The highest BCUT2D eigenvalue weighted by Gasteiger charge is 2.16. The Balaban J connectivity index is 2.11. The van der Waals surface area contributed by atoms with Gasteiger partial charge in [0.1, 0.15) is 5.82 Å². The lowest BCUT2D eigenvalue weighted by Crippen LogP contribution is -2.19. The molecule has 2 nitrogen and oxygen atoms in total. The van der Waals surface area contributed by atoms with E-state index in [2.05, 4.69) is 5.32 Å². The second-order valence-electron chi connectivity index (χ2n) is 3.62. The van der Waals surface area contributed by atoms with E-state index in [1.165, 1.54) is 6.07 Å². The van der Waals surface area contributed by atoms with Crippen LogP contribution in [0.4, 0.5) is 10.1 Å². The van der Waals surface area contributed by atoms with Gasteiger partial charge in [-0.15, -0.1) is 0 Å². The number of rotatable bonds is 2. The highest BCUT2D eigenvalue weighted by Crippen LogP contribution is 2.20. The Bertz CT molecular complexity index is 321. The zero-order valence-corrected chi connectivity index (χ0v) is 8.22. The predicted octanol–water partition coefficient (Wildman–Crippen LogP) is 2.33. The topological polar surface area (TPSA) is 21.3 Å². The van der Waals surface area contributed by atoms with Crippen molar-refractivity contribution in [1.82, 2.24) is 0 Å². The Hall–Kier alpha value is -1.09. The summed E-state index contributed by atoms with van der Waals surface area (Å²) in [5.74, 6) is -0.158. The molecule has 3 heteroatoms. The van der Waals surface area contributed by atoms with E-state index in [4.69, 9.17) is 4.74 Å². The SMILES string of the molecule is Cc1c(F)cccc1NC1CCOC1. The van der Waals surface area contributed by atoms with Crippen LogP contribution in [-0.2, 0) is 4.74 Å². The van der Waals surface area contributed by atoms with Crippen molar-refractivity contribution in [2.75, 3.05) is 18.5 Å². The lowest BCUT2D eigenvalue weighted by Gasteiger charge is -2.14. The Morgan fingerprint density at radius 1 is 1.50 bits per heavy atom. The summed E-state index contributed by atoms with van der Waals surface area (Å²) in [4.78, 5) is 0. The molecule has 0 spiro atoms. The molecule has 0 bridgehead atoms. The molecule has 1 N–H and O–H groups in total. The molecule has 0 saturated carbocycles. The third kappa shape index (κ3) is 1.87. The Morgan fingerprint density at radius 2 is 2.36 bits per heavy atom. The van der Waals surface area contributed by atoms with Crippen LogP contribution in [0.1, 0.15) is 12.0 Å². The molecule has 2 rings (SSSR count). The molecule has 1 aromatic rings. The van der Waals surface area contributed by atoms with Gasteiger partial charge in [-0.1, -0.05) is 6.07 Å². The van der Waals surface area contributed by atoms with Gasteiger partial charge in [-0.25, -0.2) is 4.39 Å². The van der Waals surface area contributed by atoms with Gasteiger partial charge in [0.15, 0.2) is 0 Å². The molecule has 1 heterocycles. The summed E-state index contributed by atoms with van der Waals surface area (Å²) < 4.78 is 18.4. The van der Waals surface area contributed by atoms with Crippen LogP contribution in [0.25, 0.3) is 0 Å². The molecule has 1 atom stereocenters. The highest BCUT2D eigenvalue weighted by atomic mass is 19.1. The fourth-order valence-electron chi connectivity index (χ4n) is 1.63.